The fourth-order valence-electron chi connectivity index (χ4n) is 4.19. The highest BCUT2D eigenvalue weighted by Gasteiger charge is 2.20. The molecule has 2 aromatic heterocycles. The molecular formula is C26H24ClN3OS. The van der Waals surface area contributed by atoms with E-state index in [-0.39, 0.29) is 6.61 Å². The molecule has 0 N–H and O–H groups in total. The van der Waals surface area contributed by atoms with Gasteiger partial charge in [-0.3, -0.25) is 4.99 Å². The highest BCUT2D eigenvalue weighted by Crippen LogP contribution is 2.38. The van der Waals surface area contributed by atoms with E-state index in [4.69, 9.17) is 21.3 Å². The summed E-state index contributed by atoms with van der Waals surface area (Å²) in [6.45, 7) is 4.45. The summed E-state index contributed by atoms with van der Waals surface area (Å²) < 4.78 is 5.92. The Bertz CT molecular complexity index is 1290. The lowest BCUT2D eigenvalue weighted by Crippen LogP contribution is -2.03. The number of hydrogen-bond donors (Lipinski definition) is 0. The molecule has 0 saturated carbocycles. The van der Waals surface area contributed by atoms with E-state index in [9.17, 15) is 0 Å². The van der Waals surface area contributed by atoms with Crippen molar-refractivity contribution in [3.63, 3.8) is 0 Å². The molecule has 5 rings (SSSR count). The van der Waals surface area contributed by atoms with E-state index in [1.807, 2.05) is 30.5 Å². The average molecular weight is 462 g/mol. The molecule has 4 aromatic rings. The Kier molecular flexibility index (Phi) is 5.94. The molecule has 4 nitrogen and oxygen atoms in total. The van der Waals surface area contributed by atoms with Gasteiger partial charge in [-0.25, -0.2) is 9.97 Å². The number of nitrogens with zero attached hydrogens (tertiary/aromatic N) is 3. The predicted molar refractivity (Wildman–Crippen MR) is 133 cm³/mol. The van der Waals surface area contributed by atoms with Gasteiger partial charge in [-0.1, -0.05) is 17.7 Å². The Morgan fingerprint density at radius 2 is 1.78 bits per heavy atom. The maximum atomic E-state index is 6.53. The fourth-order valence-corrected chi connectivity index (χ4v) is 5.83. The number of aliphatic imine (C=N–C) groups is 1. The van der Waals surface area contributed by atoms with Gasteiger partial charge in [-0.15, -0.1) is 11.3 Å². The highest BCUT2D eigenvalue weighted by atomic mass is 35.5. The number of hydrogen-bond acceptors (Lipinski definition) is 5. The van der Waals surface area contributed by atoms with Gasteiger partial charge >= 0.3 is 0 Å². The molecule has 162 valence electrons. The smallest absolute Gasteiger partial charge is 0.169 e. The molecule has 0 spiro atoms. The molecule has 2 heterocycles. The molecule has 0 aliphatic heterocycles. The number of benzene rings is 2. The quantitative estimate of drug-likeness (QED) is 0.234. The van der Waals surface area contributed by atoms with Crippen LogP contribution in [0.2, 0.25) is 5.15 Å². The van der Waals surface area contributed by atoms with Gasteiger partial charge in [0, 0.05) is 11.1 Å². The Morgan fingerprint density at radius 3 is 2.56 bits per heavy atom. The van der Waals surface area contributed by atoms with Crippen LogP contribution in [0.5, 0.6) is 5.75 Å². The lowest BCUT2D eigenvalue weighted by Gasteiger charge is -2.10. The average Bonchev–Trinajstić information content (AvgIpc) is 3.15. The minimum absolute atomic E-state index is 0.286. The van der Waals surface area contributed by atoms with Crippen LogP contribution < -0.4 is 4.74 Å². The van der Waals surface area contributed by atoms with Crippen molar-refractivity contribution in [1.29, 1.82) is 0 Å². The second-order valence-corrected chi connectivity index (χ2v) is 9.73. The van der Waals surface area contributed by atoms with E-state index >= 15 is 0 Å². The second kappa shape index (κ2) is 9.00. The number of halogens is 1. The number of fused-ring (bicyclic) bond motifs is 3. The number of aryl methyl sites for hydroxylation is 4. The Hall–Kier alpha value is -2.76. The normalized spacial score (nSPS) is 13.6. The SMILES string of the molecule is Cc1cc(C)cc(N=Cc2ccc(OCc3nc(Cl)c4c5c(sc4n3)CCCC5)cc2)c1. The first-order valence-electron chi connectivity index (χ1n) is 10.9. The molecule has 0 saturated heterocycles. The second-order valence-electron chi connectivity index (χ2n) is 8.28. The zero-order valence-electron chi connectivity index (χ0n) is 18.2. The van der Waals surface area contributed by atoms with Gasteiger partial charge in [0.25, 0.3) is 0 Å². The molecule has 0 fully saturated rings. The lowest BCUT2D eigenvalue weighted by molar-refractivity contribution is 0.296. The molecule has 1 aliphatic rings. The van der Waals surface area contributed by atoms with E-state index < -0.39 is 0 Å². The molecule has 0 radical (unpaired) electrons. The van der Waals surface area contributed by atoms with Crippen molar-refractivity contribution < 1.29 is 4.74 Å². The van der Waals surface area contributed by atoms with Crippen molar-refractivity contribution >= 4 is 45.1 Å². The van der Waals surface area contributed by atoms with Crippen LogP contribution >= 0.6 is 22.9 Å². The summed E-state index contributed by atoms with van der Waals surface area (Å²) >= 11 is 8.28. The summed E-state index contributed by atoms with van der Waals surface area (Å²) in [4.78, 5) is 16.2. The third-order valence-corrected chi connectivity index (χ3v) is 7.09. The zero-order chi connectivity index (χ0) is 22.1. The van der Waals surface area contributed by atoms with Crippen LogP contribution in [-0.2, 0) is 19.4 Å². The maximum absolute atomic E-state index is 6.53. The van der Waals surface area contributed by atoms with E-state index in [1.54, 1.807) is 11.3 Å². The Balaban J connectivity index is 1.27. The third-order valence-electron chi connectivity index (χ3n) is 5.63. The minimum atomic E-state index is 0.286. The van der Waals surface area contributed by atoms with E-state index in [0.29, 0.717) is 11.0 Å². The van der Waals surface area contributed by atoms with Gasteiger partial charge < -0.3 is 4.74 Å². The lowest BCUT2D eigenvalue weighted by atomic mass is 9.97. The summed E-state index contributed by atoms with van der Waals surface area (Å²) in [6, 6.07) is 14.2. The largest absolute Gasteiger partial charge is 0.486 e. The molecule has 1 aliphatic carbocycles. The number of ether oxygens (including phenoxy) is 1. The van der Waals surface area contributed by atoms with Gasteiger partial charge in [0.2, 0.25) is 0 Å². The monoisotopic (exact) mass is 461 g/mol. The summed E-state index contributed by atoms with van der Waals surface area (Å²) in [5, 5.41) is 1.59. The van der Waals surface area contributed by atoms with E-state index in [2.05, 4.69) is 42.0 Å². The van der Waals surface area contributed by atoms with E-state index in [1.165, 1.54) is 34.4 Å². The molecule has 0 bridgehead atoms. The van der Waals surface area contributed by atoms with Gasteiger partial charge in [0.15, 0.2) is 5.82 Å². The van der Waals surface area contributed by atoms with Crippen LogP contribution in [0.3, 0.4) is 0 Å². The number of aromatic nitrogens is 2. The van der Waals surface area contributed by atoms with Crippen LogP contribution in [0.1, 0.15) is 45.8 Å². The topological polar surface area (TPSA) is 47.4 Å². The molecule has 32 heavy (non-hydrogen) atoms. The molecule has 0 atom stereocenters. The van der Waals surface area contributed by atoms with Gasteiger partial charge in [0.1, 0.15) is 22.3 Å². The maximum Gasteiger partial charge on any atom is 0.169 e. The fraction of sp³-hybridized carbons (Fsp3) is 0.269. The van der Waals surface area contributed by atoms with Crippen molar-refractivity contribution in [3.8, 4) is 5.75 Å². The predicted octanol–water partition coefficient (Wildman–Crippen LogP) is 7.17. The van der Waals surface area contributed by atoms with Crippen LogP contribution in [-0.4, -0.2) is 16.2 Å². The summed E-state index contributed by atoms with van der Waals surface area (Å²) in [7, 11) is 0. The first-order chi connectivity index (χ1) is 15.5. The summed E-state index contributed by atoms with van der Waals surface area (Å²) in [5.74, 6) is 1.38. The van der Waals surface area contributed by atoms with Gasteiger partial charge in [-0.2, -0.15) is 0 Å². The van der Waals surface area contributed by atoms with Crippen molar-refractivity contribution in [2.24, 2.45) is 4.99 Å². The molecule has 6 heteroatoms. The first kappa shape index (κ1) is 21.1. The third kappa shape index (κ3) is 4.54. The molecule has 0 amide bonds. The van der Waals surface area contributed by atoms with Crippen LogP contribution in [0.15, 0.2) is 47.5 Å². The van der Waals surface area contributed by atoms with Gasteiger partial charge in [-0.05, 0) is 98.2 Å². The van der Waals surface area contributed by atoms with Crippen LogP contribution in [0, 0.1) is 13.8 Å². The number of thiophene rings is 1. The first-order valence-corrected chi connectivity index (χ1v) is 12.1. The zero-order valence-corrected chi connectivity index (χ0v) is 19.8. The van der Waals surface area contributed by atoms with Crippen LogP contribution in [0.25, 0.3) is 10.2 Å². The standard InChI is InChI=1S/C26H24ClN3OS/c1-16-11-17(2)13-19(12-16)28-14-18-7-9-20(10-8-18)31-15-23-29-25(27)24-21-5-3-4-6-22(21)32-26(24)30-23/h7-14H,3-6,15H2,1-2H3. The van der Waals surface area contributed by atoms with Crippen molar-refractivity contribution in [2.75, 3.05) is 0 Å². The van der Waals surface area contributed by atoms with Crippen molar-refractivity contribution in [1.82, 2.24) is 9.97 Å². The van der Waals surface area contributed by atoms with Crippen LogP contribution in [0.4, 0.5) is 5.69 Å². The van der Waals surface area contributed by atoms with Crippen molar-refractivity contribution in [2.45, 2.75) is 46.1 Å². The van der Waals surface area contributed by atoms with E-state index in [0.717, 1.165) is 40.1 Å². The molecular weight excluding hydrogens is 438 g/mol. The van der Waals surface area contributed by atoms with Gasteiger partial charge in [0.05, 0.1) is 11.1 Å². The molecule has 2 aromatic carbocycles. The summed E-state index contributed by atoms with van der Waals surface area (Å²) in [5.41, 5.74) is 5.75. The molecule has 0 unspecified atom stereocenters. The number of rotatable bonds is 5. The minimum Gasteiger partial charge on any atom is -0.486 e. The Labute approximate surface area is 197 Å². The van der Waals surface area contributed by atoms with Crippen molar-refractivity contribution in [3.05, 3.63) is 80.6 Å². The highest BCUT2D eigenvalue weighted by molar-refractivity contribution is 7.19. The summed E-state index contributed by atoms with van der Waals surface area (Å²) in [6.07, 6.45) is 6.52. The Morgan fingerprint density at radius 1 is 1.03 bits per heavy atom.